The van der Waals surface area contributed by atoms with Crippen LogP contribution < -0.4 is 5.56 Å². The Morgan fingerprint density at radius 3 is 3.00 bits per heavy atom. The van der Waals surface area contributed by atoms with Gasteiger partial charge < -0.3 is 4.98 Å². The zero-order valence-electron chi connectivity index (χ0n) is 8.37. The molecule has 0 aliphatic rings. The van der Waals surface area contributed by atoms with Gasteiger partial charge in [0.2, 0.25) is 0 Å². The third-order valence-electron chi connectivity index (χ3n) is 2.16. The van der Waals surface area contributed by atoms with Gasteiger partial charge in [0.15, 0.2) is 0 Å². The summed E-state index contributed by atoms with van der Waals surface area (Å²) >= 11 is 0. The van der Waals surface area contributed by atoms with Crippen molar-refractivity contribution in [2.75, 3.05) is 0 Å². The zero-order valence-corrected chi connectivity index (χ0v) is 8.37. The van der Waals surface area contributed by atoms with Crippen LogP contribution in [-0.2, 0) is 6.42 Å². The number of nitrogens with zero attached hydrogens (tertiary/aromatic N) is 2. The molecule has 0 bridgehead atoms. The number of aryl methyl sites for hydroxylation is 2. The lowest BCUT2D eigenvalue weighted by Crippen LogP contribution is -2.11. The Morgan fingerprint density at radius 1 is 1.50 bits per heavy atom. The fourth-order valence-corrected chi connectivity index (χ4v) is 1.62. The Labute approximate surface area is 81.6 Å². The topological polar surface area (TPSA) is 50.2 Å². The van der Waals surface area contributed by atoms with E-state index in [2.05, 4.69) is 17.0 Å². The van der Waals surface area contributed by atoms with Crippen molar-refractivity contribution < 1.29 is 0 Å². The summed E-state index contributed by atoms with van der Waals surface area (Å²) in [6.07, 6.45) is 1.89. The lowest BCUT2D eigenvalue weighted by Gasteiger charge is -2.01. The number of aromatic nitrogens is 3. The van der Waals surface area contributed by atoms with E-state index in [-0.39, 0.29) is 5.56 Å². The molecule has 0 aliphatic carbocycles. The monoisotopic (exact) mass is 191 g/mol. The average Bonchev–Trinajstić information content (AvgIpc) is 2.45. The predicted octanol–water partition coefficient (Wildman–Crippen LogP) is 1.28. The molecule has 74 valence electrons. The lowest BCUT2D eigenvalue weighted by atomic mass is 10.2. The standard InChI is InChI=1S/C10H13N3O/c1-3-4-8-6-10(14)11-9-5-7(2)12-13(8)9/h5-6H,3-4H2,1-2H3,(H,11,14). The summed E-state index contributed by atoms with van der Waals surface area (Å²) in [4.78, 5) is 14.0. The van der Waals surface area contributed by atoms with Gasteiger partial charge in [0.05, 0.1) is 5.69 Å². The van der Waals surface area contributed by atoms with Crippen LogP contribution in [-0.4, -0.2) is 14.6 Å². The van der Waals surface area contributed by atoms with Gasteiger partial charge in [-0.05, 0) is 13.3 Å². The van der Waals surface area contributed by atoms with Gasteiger partial charge in [0, 0.05) is 17.8 Å². The molecule has 2 aromatic rings. The first-order valence-electron chi connectivity index (χ1n) is 4.79. The summed E-state index contributed by atoms with van der Waals surface area (Å²) in [6, 6.07) is 3.49. The number of nitrogens with one attached hydrogen (secondary N) is 1. The maximum atomic E-state index is 11.3. The third-order valence-corrected chi connectivity index (χ3v) is 2.16. The van der Waals surface area contributed by atoms with E-state index in [1.807, 2.05) is 13.0 Å². The predicted molar refractivity (Wildman–Crippen MR) is 54.5 cm³/mol. The summed E-state index contributed by atoms with van der Waals surface area (Å²) in [5.74, 6) is 0. The van der Waals surface area contributed by atoms with Crippen LogP contribution in [0.15, 0.2) is 16.9 Å². The van der Waals surface area contributed by atoms with E-state index in [9.17, 15) is 4.79 Å². The molecule has 0 aromatic carbocycles. The highest BCUT2D eigenvalue weighted by molar-refractivity contribution is 5.39. The second-order valence-corrected chi connectivity index (χ2v) is 3.46. The molecule has 0 amide bonds. The van der Waals surface area contributed by atoms with E-state index < -0.39 is 0 Å². The normalized spacial score (nSPS) is 11.0. The first-order valence-corrected chi connectivity index (χ1v) is 4.79. The molecule has 2 rings (SSSR count). The Hall–Kier alpha value is -1.58. The van der Waals surface area contributed by atoms with E-state index in [1.54, 1.807) is 10.6 Å². The number of H-pyrrole nitrogens is 1. The SMILES string of the molecule is CCCc1cc(=O)[nH]c2cc(C)nn12. The molecule has 4 nitrogen and oxygen atoms in total. The van der Waals surface area contributed by atoms with E-state index in [4.69, 9.17) is 0 Å². The van der Waals surface area contributed by atoms with Gasteiger partial charge in [-0.2, -0.15) is 5.10 Å². The van der Waals surface area contributed by atoms with E-state index >= 15 is 0 Å². The van der Waals surface area contributed by atoms with Crippen molar-refractivity contribution in [1.82, 2.24) is 14.6 Å². The van der Waals surface area contributed by atoms with Gasteiger partial charge in [-0.25, -0.2) is 4.52 Å². The molecule has 4 heteroatoms. The first-order chi connectivity index (χ1) is 6.70. The Morgan fingerprint density at radius 2 is 2.29 bits per heavy atom. The second kappa shape index (κ2) is 3.29. The van der Waals surface area contributed by atoms with Crippen molar-refractivity contribution in [2.45, 2.75) is 26.7 Å². The molecule has 0 spiro atoms. The minimum absolute atomic E-state index is 0.0548. The first kappa shape index (κ1) is 8.99. The van der Waals surface area contributed by atoms with E-state index in [0.29, 0.717) is 0 Å². The molecular weight excluding hydrogens is 178 g/mol. The van der Waals surface area contributed by atoms with Crippen molar-refractivity contribution in [2.24, 2.45) is 0 Å². The van der Waals surface area contributed by atoms with Crippen LogP contribution in [0.4, 0.5) is 0 Å². The van der Waals surface area contributed by atoms with Gasteiger partial charge >= 0.3 is 0 Å². The molecule has 0 aliphatic heterocycles. The average molecular weight is 191 g/mol. The Kier molecular flexibility index (Phi) is 2.11. The fraction of sp³-hybridized carbons (Fsp3) is 0.400. The van der Waals surface area contributed by atoms with Crippen LogP contribution >= 0.6 is 0 Å². The number of fused-ring (bicyclic) bond motifs is 1. The van der Waals surface area contributed by atoms with Crippen LogP contribution in [0.1, 0.15) is 24.7 Å². The summed E-state index contributed by atoms with van der Waals surface area (Å²) in [7, 11) is 0. The molecule has 0 saturated heterocycles. The molecule has 0 fully saturated rings. The van der Waals surface area contributed by atoms with Crippen molar-refractivity contribution in [3.8, 4) is 0 Å². The largest absolute Gasteiger partial charge is 0.307 e. The van der Waals surface area contributed by atoms with Crippen LogP contribution in [0.2, 0.25) is 0 Å². The van der Waals surface area contributed by atoms with Crippen molar-refractivity contribution in [3.05, 3.63) is 33.9 Å². The van der Waals surface area contributed by atoms with Gasteiger partial charge in [0.1, 0.15) is 5.65 Å². The van der Waals surface area contributed by atoms with Crippen molar-refractivity contribution in [3.63, 3.8) is 0 Å². The smallest absolute Gasteiger partial charge is 0.251 e. The number of hydrogen-bond acceptors (Lipinski definition) is 2. The molecule has 0 unspecified atom stereocenters. The van der Waals surface area contributed by atoms with Gasteiger partial charge in [-0.3, -0.25) is 4.79 Å². The van der Waals surface area contributed by atoms with E-state index in [0.717, 1.165) is 29.9 Å². The van der Waals surface area contributed by atoms with Crippen molar-refractivity contribution in [1.29, 1.82) is 0 Å². The molecule has 1 N–H and O–H groups in total. The molecule has 0 radical (unpaired) electrons. The van der Waals surface area contributed by atoms with Crippen LogP contribution in [0.5, 0.6) is 0 Å². The highest BCUT2D eigenvalue weighted by Crippen LogP contribution is 2.05. The minimum Gasteiger partial charge on any atom is -0.307 e. The Bertz CT molecular complexity index is 510. The zero-order chi connectivity index (χ0) is 10.1. The molecule has 14 heavy (non-hydrogen) atoms. The Balaban J connectivity index is 2.72. The van der Waals surface area contributed by atoms with Gasteiger partial charge in [-0.1, -0.05) is 13.3 Å². The fourth-order valence-electron chi connectivity index (χ4n) is 1.62. The second-order valence-electron chi connectivity index (χ2n) is 3.46. The van der Waals surface area contributed by atoms with Crippen LogP contribution in [0, 0.1) is 6.92 Å². The highest BCUT2D eigenvalue weighted by Gasteiger charge is 2.04. The highest BCUT2D eigenvalue weighted by atomic mass is 16.1. The van der Waals surface area contributed by atoms with Crippen LogP contribution in [0.3, 0.4) is 0 Å². The number of aromatic amines is 1. The maximum absolute atomic E-state index is 11.3. The lowest BCUT2D eigenvalue weighted by molar-refractivity contribution is 0.785. The maximum Gasteiger partial charge on any atom is 0.251 e. The molecule has 0 atom stereocenters. The quantitative estimate of drug-likeness (QED) is 0.777. The van der Waals surface area contributed by atoms with Crippen LogP contribution in [0.25, 0.3) is 5.65 Å². The van der Waals surface area contributed by atoms with Crippen molar-refractivity contribution >= 4 is 5.65 Å². The third kappa shape index (κ3) is 1.43. The summed E-state index contributed by atoms with van der Waals surface area (Å²) < 4.78 is 1.81. The number of hydrogen-bond donors (Lipinski definition) is 1. The van der Waals surface area contributed by atoms with Gasteiger partial charge in [-0.15, -0.1) is 0 Å². The summed E-state index contributed by atoms with van der Waals surface area (Å²) in [6.45, 7) is 4.00. The minimum atomic E-state index is -0.0548. The summed E-state index contributed by atoms with van der Waals surface area (Å²) in [5.41, 5.74) is 2.61. The molecular formula is C10H13N3O. The molecule has 2 aromatic heterocycles. The number of rotatable bonds is 2. The summed E-state index contributed by atoms with van der Waals surface area (Å²) in [5, 5.41) is 4.32. The molecule has 2 heterocycles. The molecule has 0 saturated carbocycles. The van der Waals surface area contributed by atoms with E-state index in [1.165, 1.54) is 0 Å². The van der Waals surface area contributed by atoms with Gasteiger partial charge in [0.25, 0.3) is 5.56 Å².